The monoisotopic (exact) mass is 236 g/mol. The van der Waals surface area contributed by atoms with Gasteiger partial charge in [0.1, 0.15) is 18.3 Å². The van der Waals surface area contributed by atoms with Gasteiger partial charge in [-0.2, -0.15) is 0 Å². The summed E-state index contributed by atoms with van der Waals surface area (Å²) in [5.41, 5.74) is 0.862. The zero-order valence-corrected chi connectivity index (χ0v) is 9.40. The van der Waals surface area contributed by atoms with Gasteiger partial charge in [0.15, 0.2) is 6.29 Å². The minimum atomic E-state index is -0.903. The first kappa shape index (κ1) is 12.3. The van der Waals surface area contributed by atoms with Gasteiger partial charge in [-0.05, 0) is 0 Å². The molecule has 0 radical (unpaired) electrons. The summed E-state index contributed by atoms with van der Waals surface area (Å²) in [6.45, 7) is 3.62. The normalized spacial score (nSPS) is 30.8. The molecule has 2 rings (SSSR count). The van der Waals surface area contributed by atoms with E-state index in [0.717, 1.165) is 5.56 Å². The van der Waals surface area contributed by atoms with Gasteiger partial charge in [0, 0.05) is 5.56 Å². The maximum atomic E-state index is 9.68. The van der Waals surface area contributed by atoms with Crippen LogP contribution in [-0.2, 0) is 9.47 Å². The molecule has 0 bridgehead atoms. The molecule has 4 atom stereocenters. The fourth-order valence-electron chi connectivity index (χ4n) is 1.78. The van der Waals surface area contributed by atoms with Gasteiger partial charge in [-0.1, -0.05) is 36.4 Å². The molecule has 4 heteroatoms. The number of ether oxygens (including phenoxy) is 2. The van der Waals surface area contributed by atoms with Crippen molar-refractivity contribution in [1.29, 1.82) is 0 Å². The van der Waals surface area contributed by atoms with Crippen LogP contribution in [0.4, 0.5) is 0 Å². The largest absolute Gasteiger partial charge is 0.388 e. The molecule has 1 aromatic rings. The lowest BCUT2D eigenvalue weighted by atomic mass is 10.1. The maximum Gasteiger partial charge on any atom is 0.184 e. The summed E-state index contributed by atoms with van der Waals surface area (Å²) in [7, 11) is 0. The first-order valence-electron chi connectivity index (χ1n) is 5.53. The molecule has 0 amide bonds. The van der Waals surface area contributed by atoms with Crippen molar-refractivity contribution in [1.82, 2.24) is 0 Å². The van der Waals surface area contributed by atoms with Crippen LogP contribution in [0.3, 0.4) is 0 Å². The minimum absolute atomic E-state index is 0.134. The van der Waals surface area contributed by atoms with Crippen LogP contribution in [-0.4, -0.2) is 35.1 Å². The van der Waals surface area contributed by atoms with E-state index in [4.69, 9.17) is 9.47 Å². The van der Waals surface area contributed by atoms with Crippen molar-refractivity contribution in [2.45, 2.75) is 24.6 Å². The molecule has 2 N–H and O–H groups in total. The average molecular weight is 236 g/mol. The van der Waals surface area contributed by atoms with Crippen LogP contribution in [0.15, 0.2) is 43.0 Å². The van der Waals surface area contributed by atoms with Gasteiger partial charge in [-0.25, -0.2) is 0 Å². The van der Waals surface area contributed by atoms with Crippen LogP contribution in [0.5, 0.6) is 0 Å². The smallest absolute Gasteiger partial charge is 0.184 e. The molecular formula is C13H16O4. The van der Waals surface area contributed by atoms with E-state index in [0.29, 0.717) is 0 Å². The molecule has 1 saturated heterocycles. The number of aliphatic hydroxyl groups is 2. The zero-order valence-electron chi connectivity index (χ0n) is 9.40. The van der Waals surface area contributed by atoms with E-state index in [-0.39, 0.29) is 6.61 Å². The van der Waals surface area contributed by atoms with Crippen molar-refractivity contribution in [2.75, 3.05) is 6.61 Å². The van der Waals surface area contributed by atoms with Crippen molar-refractivity contribution >= 4 is 0 Å². The highest BCUT2D eigenvalue weighted by Crippen LogP contribution is 2.27. The van der Waals surface area contributed by atoms with Crippen LogP contribution >= 0.6 is 0 Å². The zero-order chi connectivity index (χ0) is 12.3. The topological polar surface area (TPSA) is 58.9 Å². The predicted molar refractivity (Wildman–Crippen MR) is 62.2 cm³/mol. The second-order valence-corrected chi connectivity index (χ2v) is 3.97. The van der Waals surface area contributed by atoms with Crippen molar-refractivity contribution in [3.63, 3.8) is 0 Å². The third-order valence-electron chi connectivity index (χ3n) is 2.73. The van der Waals surface area contributed by atoms with Crippen LogP contribution in [0, 0.1) is 0 Å². The molecule has 0 aliphatic carbocycles. The van der Waals surface area contributed by atoms with E-state index in [9.17, 15) is 10.2 Å². The van der Waals surface area contributed by atoms with E-state index in [1.165, 1.54) is 6.08 Å². The number of hydrogen-bond donors (Lipinski definition) is 2. The van der Waals surface area contributed by atoms with Crippen molar-refractivity contribution < 1.29 is 19.7 Å². The number of rotatable bonds is 3. The van der Waals surface area contributed by atoms with E-state index in [1.54, 1.807) is 0 Å². The molecule has 0 spiro atoms. The molecule has 1 unspecified atom stereocenters. The minimum Gasteiger partial charge on any atom is -0.388 e. The van der Waals surface area contributed by atoms with Gasteiger partial charge in [0.25, 0.3) is 0 Å². The first-order chi connectivity index (χ1) is 8.22. The molecule has 1 aromatic carbocycles. The van der Waals surface area contributed by atoms with E-state index in [2.05, 4.69) is 6.58 Å². The Hall–Kier alpha value is -1.20. The molecule has 1 aliphatic heterocycles. The highest BCUT2D eigenvalue weighted by Gasteiger charge is 2.34. The maximum absolute atomic E-state index is 9.68. The van der Waals surface area contributed by atoms with Crippen LogP contribution in [0.2, 0.25) is 0 Å². The lowest BCUT2D eigenvalue weighted by molar-refractivity contribution is -0.270. The Morgan fingerprint density at radius 1 is 1.35 bits per heavy atom. The Morgan fingerprint density at radius 2 is 2.06 bits per heavy atom. The molecule has 1 aliphatic rings. The van der Waals surface area contributed by atoms with Gasteiger partial charge in [0.05, 0.1) is 6.61 Å². The van der Waals surface area contributed by atoms with Gasteiger partial charge < -0.3 is 19.7 Å². The summed E-state index contributed by atoms with van der Waals surface area (Å²) in [4.78, 5) is 0. The SMILES string of the molecule is C=C[C@@H](O)[C@H]1OC(c2ccccc2)OC[C@H]1O. The summed E-state index contributed by atoms with van der Waals surface area (Å²) in [6.07, 6.45) is -1.66. The molecule has 1 fully saturated rings. The lowest BCUT2D eigenvalue weighted by Gasteiger charge is -2.35. The standard InChI is InChI=1S/C13H16O4/c1-2-10(14)12-11(15)8-16-13(17-12)9-6-4-3-5-7-9/h2-7,10-15H,1,8H2/t10-,11-,12-,13?/m1/s1. The molecular weight excluding hydrogens is 220 g/mol. The van der Waals surface area contributed by atoms with Crippen LogP contribution in [0.25, 0.3) is 0 Å². The number of aliphatic hydroxyl groups excluding tert-OH is 2. The summed E-state index contributed by atoms with van der Waals surface area (Å²) in [5.74, 6) is 0. The van der Waals surface area contributed by atoms with Crippen molar-refractivity contribution in [3.8, 4) is 0 Å². The van der Waals surface area contributed by atoms with Gasteiger partial charge in [0.2, 0.25) is 0 Å². The van der Waals surface area contributed by atoms with E-state index < -0.39 is 24.6 Å². The van der Waals surface area contributed by atoms with E-state index in [1.807, 2.05) is 30.3 Å². The van der Waals surface area contributed by atoms with Crippen LogP contribution < -0.4 is 0 Å². The summed E-state index contributed by atoms with van der Waals surface area (Å²) in [5, 5.41) is 19.3. The summed E-state index contributed by atoms with van der Waals surface area (Å²) >= 11 is 0. The highest BCUT2D eigenvalue weighted by atomic mass is 16.7. The van der Waals surface area contributed by atoms with E-state index >= 15 is 0 Å². The Balaban J connectivity index is 2.10. The fourth-order valence-corrected chi connectivity index (χ4v) is 1.78. The third kappa shape index (κ3) is 2.73. The van der Waals surface area contributed by atoms with Gasteiger partial charge in [-0.15, -0.1) is 6.58 Å². The average Bonchev–Trinajstić information content (AvgIpc) is 2.39. The van der Waals surface area contributed by atoms with Crippen LogP contribution in [0.1, 0.15) is 11.9 Å². The second kappa shape index (κ2) is 5.42. The molecule has 17 heavy (non-hydrogen) atoms. The Bertz CT molecular complexity index is 365. The Labute approximate surface area is 100 Å². The Kier molecular flexibility index (Phi) is 3.91. The van der Waals surface area contributed by atoms with Crippen molar-refractivity contribution in [2.24, 2.45) is 0 Å². The quantitative estimate of drug-likeness (QED) is 0.769. The highest BCUT2D eigenvalue weighted by molar-refractivity contribution is 5.16. The summed E-state index contributed by atoms with van der Waals surface area (Å²) < 4.78 is 10.9. The molecule has 92 valence electrons. The van der Waals surface area contributed by atoms with Gasteiger partial charge in [-0.3, -0.25) is 0 Å². The molecule has 0 aromatic heterocycles. The second-order valence-electron chi connectivity index (χ2n) is 3.97. The molecule has 0 saturated carbocycles. The van der Waals surface area contributed by atoms with Gasteiger partial charge >= 0.3 is 0 Å². The Morgan fingerprint density at radius 3 is 2.71 bits per heavy atom. The third-order valence-corrected chi connectivity index (χ3v) is 2.73. The summed E-state index contributed by atoms with van der Waals surface area (Å²) in [6, 6.07) is 9.41. The molecule has 1 heterocycles. The predicted octanol–water partition coefficient (Wildman–Crippen LogP) is 1.01. The lowest BCUT2D eigenvalue weighted by Crippen LogP contribution is -2.46. The van der Waals surface area contributed by atoms with Crippen molar-refractivity contribution in [3.05, 3.63) is 48.6 Å². The fraction of sp³-hybridized carbons (Fsp3) is 0.385. The first-order valence-corrected chi connectivity index (χ1v) is 5.53. The number of hydrogen-bond acceptors (Lipinski definition) is 4. The number of benzene rings is 1. The molecule has 4 nitrogen and oxygen atoms in total.